The normalized spacial score (nSPS) is 39.9. The predicted molar refractivity (Wildman–Crippen MR) is 158 cm³/mol. The summed E-state index contributed by atoms with van der Waals surface area (Å²) in [5.41, 5.74) is -1.58. The highest BCUT2D eigenvalue weighted by Gasteiger charge is 2.54. The molecule has 1 amide bonds. The topological polar surface area (TPSA) is 322 Å². The van der Waals surface area contributed by atoms with Gasteiger partial charge < -0.3 is 89.8 Å². The van der Waals surface area contributed by atoms with Crippen LogP contribution in [0.4, 0.5) is 5.69 Å². The van der Waals surface area contributed by atoms with Gasteiger partial charge in [0.15, 0.2) is 24.6 Å². The Bertz CT molecular complexity index is 1290. The van der Waals surface area contributed by atoms with Gasteiger partial charge in [-0.15, -0.1) is 0 Å². The smallest absolute Gasteiger partial charge is 0.272 e. The first-order valence-electron chi connectivity index (χ1n) is 15.6. The Labute approximate surface area is 278 Å². The Morgan fingerprint density at radius 3 is 1.88 bits per heavy atom. The summed E-state index contributed by atoms with van der Waals surface area (Å²) in [6.45, 7) is 0.259. The molecule has 0 aliphatic carbocycles. The molecule has 0 saturated carbocycles. The fourth-order valence-corrected chi connectivity index (χ4v) is 5.75. The molecule has 1 aromatic rings. The van der Waals surface area contributed by atoms with Crippen LogP contribution in [0.2, 0.25) is 0 Å². The van der Waals surface area contributed by atoms with E-state index >= 15 is 0 Å². The minimum absolute atomic E-state index is 0.0358. The zero-order chi connectivity index (χ0) is 36.2. The number of hydrogen-bond donors (Lipinski definition) is 11. The molecule has 3 heterocycles. The van der Waals surface area contributed by atoms with Crippen molar-refractivity contribution < 1.29 is 83.9 Å². The number of ether oxygens (including phenoxy) is 7. The van der Waals surface area contributed by atoms with Crippen LogP contribution in [-0.2, 0) is 33.2 Å². The van der Waals surface area contributed by atoms with E-state index < -0.39 is 129 Å². The lowest BCUT2D eigenvalue weighted by atomic mass is 9.95. The van der Waals surface area contributed by atoms with E-state index in [9.17, 15) is 60.3 Å². The molecular weight excluding hydrogens is 668 g/mol. The second-order valence-corrected chi connectivity index (χ2v) is 11.6. The number of rotatable bonds is 15. The zero-order valence-corrected chi connectivity index (χ0v) is 26.5. The van der Waals surface area contributed by atoms with Crippen molar-refractivity contribution in [3.63, 3.8) is 0 Å². The minimum atomic E-state index is -1.96. The van der Waals surface area contributed by atoms with Crippen LogP contribution >= 0.6 is 0 Å². The maximum atomic E-state index is 12.1. The van der Waals surface area contributed by atoms with Gasteiger partial charge >= 0.3 is 0 Å². The lowest BCUT2D eigenvalue weighted by Crippen LogP contribution is -2.68. The average molecular weight is 713 g/mol. The van der Waals surface area contributed by atoms with Crippen molar-refractivity contribution in [1.82, 2.24) is 5.32 Å². The van der Waals surface area contributed by atoms with Crippen molar-refractivity contribution in [2.45, 2.75) is 106 Å². The summed E-state index contributed by atoms with van der Waals surface area (Å²) in [5, 5.41) is 98.5. The van der Waals surface area contributed by atoms with Crippen LogP contribution in [0.3, 0.4) is 0 Å². The van der Waals surface area contributed by atoms with Crippen molar-refractivity contribution in [3.8, 4) is 5.75 Å². The molecule has 11 N–H and O–H groups in total. The maximum absolute atomic E-state index is 12.1. The number of carbonyl (C=O) groups excluding carboxylic acids is 1. The van der Waals surface area contributed by atoms with E-state index in [1.807, 2.05) is 0 Å². The lowest BCUT2D eigenvalue weighted by Gasteiger charge is -2.48. The Morgan fingerprint density at radius 1 is 0.714 bits per heavy atom. The second kappa shape index (κ2) is 17.2. The zero-order valence-electron chi connectivity index (χ0n) is 26.5. The third-order valence-corrected chi connectivity index (χ3v) is 8.32. The van der Waals surface area contributed by atoms with Crippen LogP contribution in [0.15, 0.2) is 9.59 Å². The first-order valence-corrected chi connectivity index (χ1v) is 15.6. The lowest BCUT2D eigenvalue weighted by molar-refractivity contribution is -0.375. The third-order valence-electron chi connectivity index (χ3n) is 8.32. The molecule has 15 atom stereocenters. The van der Waals surface area contributed by atoms with Gasteiger partial charge in [-0.1, -0.05) is 0 Å². The standard InChI is InChI=1S/C28H44N2O19/c1-3-43-24-13(17(37)20(24)40)29-4-5-44-26-14(30-9(2)34)18(38)23(12(8-33)47-26)48-28-22(42)25(16(36)11(7-32)46-28)49-27-21(41)19(39)15(35)10(6-31)45-27/h10-12,14-16,18-19,21-23,25-29,31-33,35-36,38-39,41-42H,3-8H2,1-2H3,(H,30,34)/t10-,11-,12-,14-,15+,16+,18-,19+,21-,22-,23-,25+,26-,27-,28+/m1/s1. The number of nitrogens with one attached hydrogen (secondary N) is 2. The van der Waals surface area contributed by atoms with Crippen molar-refractivity contribution in [2.75, 3.05) is 44.9 Å². The van der Waals surface area contributed by atoms with Gasteiger partial charge in [0.1, 0.15) is 78.9 Å². The minimum Gasteiger partial charge on any atom is -0.488 e. The van der Waals surface area contributed by atoms with E-state index in [2.05, 4.69) is 10.6 Å². The summed E-state index contributed by atoms with van der Waals surface area (Å²) in [4.78, 5) is 35.6. The van der Waals surface area contributed by atoms with Gasteiger partial charge in [-0.3, -0.25) is 14.4 Å². The van der Waals surface area contributed by atoms with Gasteiger partial charge in [0.25, 0.3) is 10.9 Å². The van der Waals surface area contributed by atoms with Gasteiger partial charge in [-0.25, -0.2) is 0 Å². The summed E-state index contributed by atoms with van der Waals surface area (Å²) in [7, 11) is 0. The Balaban J connectivity index is 1.46. The highest BCUT2D eigenvalue weighted by Crippen LogP contribution is 2.33. The van der Waals surface area contributed by atoms with Crippen LogP contribution in [-0.4, -0.2) is 184 Å². The van der Waals surface area contributed by atoms with E-state index in [0.717, 1.165) is 6.92 Å². The monoisotopic (exact) mass is 712 g/mol. The molecule has 3 fully saturated rings. The summed E-state index contributed by atoms with van der Waals surface area (Å²) in [6.07, 6.45) is -23.6. The van der Waals surface area contributed by atoms with E-state index in [1.165, 1.54) is 0 Å². The number of carbonyl (C=O) groups is 1. The van der Waals surface area contributed by atoms with Crippen molar-refractivity contribution in [2.24, 2.45) is 0 Å². The molecule has 280 valence electrons. The molecule has 49 heavy (non-hydrogen) atoms. The van der Waals surface area contributed by atoms with Gasteiger partial charge in [-0.2, -0.15) is 0 Å². The SMILES string of the molecule is CCOc1c(NCCO[C@@H]2O[C@H](CO)[C@@H](O[C@@H]3O[C@H](CO)[C@H](O)[C@H](O[C@H]4O[C@H](CO)[C@H](O)[C@H](O)[C@H]4O)[C@H]3O)[C@H](O)[C@H]2NC(C)=O)c(=O)c1=O. The van der Waals surface area contributed by atoms with E-state index in [1.54, 1.807) is 6.92 Å². The number of anilines is 1. The van der Waals surface area contributed by atoms with Crippen LogP contribution < -0.4 is 26.2 Å². The molecule has 3 aliphatic heterocycles. The first-order chi connectivity index (χ1) is 23.3. The van der Waals surface area contributed by atoms with Gasteiger partial charge in [-0.05, 0) is 6.92 Å². The van der Waals surface area contributed by atoms with Crippen LogP contribution in [0, 0.1) is 0 Å². The Hall–Kier alpha value is -2.45. The number of aliphatic hydroxyl groups is 9. The fourth-order valence-electron chi connectivity index (χ4n) is 5.75. The quantitative estimate of drug-likeness (QED) is 0.0594. The van der Waals surface area contributed by atoms with Gasteiger partial charge in [0.05, 0.1) is 33.0 Å². The summed E-state index contributed by atoms with van der Waals surface area (Å²) >= 11 is 0. The molecular formula is C28H44N2O19. The van der Waals surface area contributed by atoms with Gasteiger partial charge in [0, 0.05) is 13.5 Å². The van der Waals surface area contributed by atoms with E-state index in [0.29, 0.717) is 0 Å². The molecule has 1 aromatic carbocycles. The number of amides is 1. The molecule has 4 rings (SSSR count). The van der Waals surface area contributed by atoms with Crippen molar-refractivity contribution in [1.29, 1.82) is 0 Å². The molecule has 0 radical (unpaired) electrons. The molecule has 21 heteroatoms. The second-order valence-electron chi connectivity index (χ2n) is 11.6. The predicted octanol–water partition coefficient (Wildman–Crippen LogP) is -7.30. The molecule has 0 aromatic heterocycles. The van der Waals surface area contributed by atoms with Gasteiger partial charge in [0.2, 0.25) is 5.91 Å². The average Bonchev–Trinajstić information content (AvgIpc) is 3.08. The van der Waals surface area contributed by atoms with Crippen LogP contribution in [0.1, 0.15) is 13.8 Å². The highest BCUT2D eigenvalue weighted by molar-refractivity contribution is 5.73. The first kappa shape index (κ1) is 39.3. The van der Waals surface area contributed by atoms with Crippen LogP contribution in [0.5, 0.6) is 5.75 Å². The van der Waals surface area contributed by atoms with Crippen molar-refractivity contribution in [3.05, 3.63) is 20.4 Å². The summed E-state index contributed by atoms with van der Waals surface area (Å²) < 4.78 is 38.8. The fraction of sp³-hybridized carbons (Fsp3) is 0.821. The molecule has 3 aliphatic rings. The van der Waals surface area contributed by atoms with Crippen molar-refractivity contribution >= 4 is 11.6 Å². The Morgan fingerprint density at radius 2 is 1.29 bits per heavy atom. The molecule has 0 unspecified atom stereocenters. The molecule has 3 saturated heterocycles. The van der Waals surface area contributed by atoms with E-state index in [-0.39, 0.29) is 31.2 Å². The maximum Gasteiger partial charge on any atom is 0.272 e. The summed E-state index contributed by atoms with van der Waals surface area (Å²) in [5.74, 6) is -0.742. The highest BCUT2D eigenvalue weighted by atomic mass is 16.8. The Kier molecular flexibility index (Phi) is 13.8. The number of hydrogen-bond acceptors (Lipinski definition) is 20. The molecule has 0 spiro atoms. The van der Waals surface area contributed by atoms with E-state index in [4.69, 9.17) is 33.2 Å². The third kappa shape index (κ3) is 8.38. The van der Waals surface area contributed by atoms with Crippen LogP contribution in [0.25, 0.3) is 0 Å². The number of aliphatic hydroxyl groups excluding tert-OH is 9. The molecule has 21 nitrogen and oxygen atoms in total. The molecule has 0 bridgehead atoms. The largest absolute Gasteiger partial charge is 0.488 e. The summed E-state index contributed by atoms with van der Waals surface area (Å²) in [6, 6.07) is -1.35.